The number of nitrogens with zero attached hydrogens (tertiary/aromatic N) is 4. The number of rotatable bonds is 4. The molecule has 4 nitrogen and oxygen atoms in total. The average molecular weight is 329 g/mol. The molecule has 0 atom stereocenters. The molecule has 0 unspecified atom stereocenters. The molecular formula is C20H32N4. The second-order valence-electron chi connectivity index (χ2n) is 9.03. The Hall–Kier alpha value is -0.870. The Bertz CT molecular complexity index is 549. The van der Waals surface area contributed by atoms with E-state index in [2.05, 4.69) is 32.5 Å². The zero-order valence-corrected chi connectivity index (χ0v) is 15.2. The SMILES string of the molecule is CCn1ccnc1CN1CCN(C23CC4CC(CC(C4)C2)C3)CC1. The van der Waals surface area contributed by atoms with Crippen molar-refractivity contribution in [2.45, 2.75) is 64.1 Å². The largest absolute Gasteiger partial charge is 0.334 e. The van der Waals surface area contributed by atoms with Crippen molar-refractivity contribution in [1.82, 2.24) is 19.4 Å². The van der Waals surface area contributed by atoms with Crippen molar-refractivity contribution in [3.05, 3.63) is 18.2 Å². The quantitative estimate of drug-likeness (QED) is 0.849. The van der Waals surface area contributed by atoms with E-state index in [9.17, 15) is 0 Å². The molecule has 4 bridgehead atoms. The first kappa shape index (κ1) is 15.4. The number of piperazine rings is 1. The molecule has 24 heavy (non-hydrogen) atoms. The molecule has 1 aromatic heterocycles. The molecule has 1 aromatic rings. The summed E-state index contributed by atoms with van der Waals surface area (Å²) in [6.45, 7) is 9.25. The van der Waals surface area contributed by atoms with E-state index in [1.54, 1.807) is 19.3 Å². The van der Waals surface area contributed by atoms with Gasteiger partial charge in [0, 0.05) is 50.7 Å². The highest BCUT2D eigenvalue weighted by Crippen LogP contribution is 2.57. The minimum atomic E-state index is 0.600. The van der Waals surface area contributed by atoms with Gasteiger partial charge in [-0.15, -0.1) is 0 Å². The first-order valence-electron chi connectivity index (χ1n) is 10.2. The van der Waals surface area contributed by atoms with Crippen LogP contribution in [0.25, 0.3) is 0 Å². The number of aryl methyl sites for hydroxylation is 1. The third-order valence-electron chi connectivity index (χ3n) is 7.56. The highest BCUT2D eigenvalue weighted by Gasteiger charge is 2.53. The third-order valence-corrected chi connectivity index (χ3v) is 7.56. The molecule has 0 N–H and O–H groups in total. The predicted molar refractivity (Wildman–Crippen MR) is 95.7 cm³/mol. The molecule has 4 saturated carbocycles. The summed E-state index contributed by atoms with van der Waals surface area (Å²) in [4.78, 5) is 10.1. The average Bonchev–Trinajstić information content (AvgIpc) is 3.01. The maximum Gasteiger partial charge on any atom is 0.122 e. The van der Waals surface area contributed by atoms with E-state index in [-0.39, 0.29) is 0 Å². The van der Waals surface area contributed by atoms with E-state index in [4.69, 9.17) is 0 Å². The number of aromatic nitrogens is 2. The zero-order valence-electron chi connectivity index (χ0n) is 15.2. The van der Waals surface area contributed by atoms with Gasteiger partial charge in [-0.2, -0.15) is 0 Å². The minimum absolute atomic E-state index is 0.600. The molecule has 5 aliphatic rings. The fourth-order valence-corrected chi connectivity index (χ4v) is 6.81. The van der Waals surface area contributed by atoms with Gasteiger partial charge in [0.15, 0.2) is 0 Å². The van der Waals surface area contributed by atoms with Gasteiger partial charge in [-0.05, 0) is 63.2 Å². The molecule has 5 fully saturated rings. The Labute approximate surface area is 146 Å². The van der Waals surface area contributed by atoms with Crippen molar-refractivity contribution in [1.29, 1.82) is 0 Å². The molecule has 4 aliphatic carbocycles. The molecule has 0 radical (unpaired) electrons. The highest BCUT2D eigenvalue weighted by atomic mass is 15.3. The van der Waals surface area contributed by atoms with Gasteiger partial charge in [0.2, 0.25) is 0 Å². The van der Waals surface area contributed by atoms with Crippen LogP contribution in [-0.4, -0.2) is 51.1 Å². The summed E-state index contributed by atoms with van der Waals surface area (Å²) in [5.41, 5.74) is 0.600. The maximum absolute atomic E-state index is 4.56. The molecule has 4 heteroatoms. The maximum atomic E-state index is 4.56. The minimum Gasteiger partial charge on any atom is -0.334 e. The third kappa shape index (κ3) is 2.53. The van der Waals surface area contributed by atoms with Crippen molar-refractivity contribution >= 4 is 0 Å². The normalized spacial score (nSPS) is 39.6. The lowest BCUT2D eigenvalue weighted by Gasteiger charge is -2.61. The number of hydrogen-bond donors (Lipinski definition) is 0. The van der Waals surface area contributed by atoms with Crippen molar-refractivity contribution in [2.24, 2.45) is 17.8 Å². The Morgan fingerprint density at radius 3 is 2.21 bits per heavy atom. The zero-order chi connectivity index (χ0) is 16.1. The standard InChI is InChI=1S/C20H32N4/c1-2-23-4-3-21-19(23)15-22-5-7-24(8-6-22)20-12-16-9-17(13-20)11-18(10-16)14-20/h3-4,16-18H,2,5-15H2,1H3. The molecule has 0 amide bonds. The van der Waals surface area contributed by atoms with Gasteiger partial charge in [-0.3, -0.25) is 9.80 Å². The summed E-state index contributed by atoms with van der Waals surface area (Å²) in [6.07, 6.45) is 13.3. The second kappa shape index (κ2) is 5.84. The van der Waals surface area contributed by atoms with Crippen LogP contribution in [0.15, 0.2) is 12.4 Å². The van der Waals surface area contributed by atoms with Gasteiger partial charge in [-0.1, -0.05) is 0 Å². The Morgan fingerprint density at radius 2 is 1.62 bits per heavy atom. The molecule has 6 rings (SSSR count). The van der Waals surface area contributed by atoms with E-state index in [0.717, 1.165) is 30.8 Å². The Morgan fingerprint density at radius 1 is 1.00 bits per heavy atom. The van der Waals surface area contributed by atoms with Crippen LogP contribution in [0.3, 0.4) is 0 Å². The topological polar surface area (TPSA) is 24.3 Å². The van der Waals surface area contributed by atoms with Gasteiger partial charge in [-0.25, -0.2) is 4.98 Å². The second-order valence-corrected chi connectivity index (χ2v) is 9.03. The molecule has 1 aliphatic heterocycles. The summed E-state index contributed by atoms with van der Waals surface area (Å²) in [6, 6.07) is 0. The summed E-state index contributed by atoms with van der Waals surface area (Å²) in [7, 11) is 0. The molecular weight excluding hydrogens is 296 g/mol. The van der Waals surface area contributed by atoms with Gasteiger partial charge in [0.05, 0.1) is 6.54 Å². The van der Waals surface area contributed by atoms with Gasteiger partial charge in [0.25, 0.3) is 0 Å². The van der Waals surface area contributed by atoms with Crippen molar-refractivity contribution < 1.29 is 0 Å². The van der Waals surface area contributed by atoms with Crippen molar-refractivity contribution in [3.63, 3.8) is 0 Å². The van der Waals surface area contributed by atoms with E-state index in [0.29, 0.717) is 5.54 Å². The Balaban J connectivity index is 1.23. The predicted octanol–water partition coefficient (Wildman–Crippen LogP) is 2.99. The fourth-order valence-electron chi connectivity index (χ4n) is 6.81. The van der Waals surface area contributed by atoms with E-state index in [1.165, 1.54) is 51.3 Å². The number of hydrogen-bond acceptors (Lipinski definition) is 3. The summed E-state index contributed by atoms with van der Waals surface area (Å²) >= 11 is 0. The van der Waals surface area contributed by atoms with E-state index >= 15 is 0 Å². The molecule has 132 valence electrons. The summed E-state index contributed by atoms with van der Waals surface area (Å²) < 4.78 is 2.28. The first-order valence-corrected chi connectivity index (χ1v) is 10.2. The lowest BCUT2D eigenvalue weighted by atomic mass is 9.52. The van der Waals surface area contributed by atoms with Crippen LogP contribution in [0.1, 0.15) is 51.3 Å². The molecule has 1 saturated heterocycles. The molecule has 2 heterocycles. The van der Waals surface area contributed by atoms with Crippen LogP contribution in [-0.2, 0) is 13.1 Å². The van der Waals surface area contributed by atoms with Crippen LogP contribution in [0.2, 0.25) is 0 Å². The van der Waals surface area contributed by atoms with Crippen molar-refractivity contribution in [2.75, 3.05) is 26.2 Å². The monoisotopic (exact) mass is 328 g/mol. The summed E-state index contributed by atoms with van der Waals surface area (Å²) in [5, 5.41) is 0. The van der Waals surface area contributed by atoms with E-state index in [1.807, 2.05) is 6.20 Å². The highest BCUT2D eigenvalue weighted by molar-refractivity contribution is 5.08. The van der Waals surface area contributed by atoms with Crippen LogP contribution in [0.5, 0.6) is 0 Å². The van der Waals surface area contributed by atoms with Gasteiger partial charge >= 0.3 is 0 Å². The van der Waals surface area contributed by atoms with Crippen LogP contribution >= 0.6 is 0 Å². The van der Waals surface area contributed by atoms with E-state index < -0.39 is 0 Å². The lowest BCUT2D eigenvalue weighted by Crippen LogP contribution is -2.63. The molecule has 0 aromatic carbocycles. The Kier molecular flexibility index (Phi) is 3.75. The first-order chi connectivity index (χ1) is 11.7. The molecule has 0 spiro atoms. The summed E-state index contributed by atoms with van der Waals surface area (Å²) in [5.74, 6) is 4.42. The smallest absolute Gasteiger partial charge is 0.122 e. The lowest BCUT2D eigenvalue weighted by molar-refractivity contribution is -0.102. The van der Waals surface area contributed by atoms with Gasteiger partial charge in [0.1, 0.15) is 5.82 Å². The number of imidazole rings is 1. The van der Waals surface area contributed by atoms with Gasteiger partial charge < -0.3 is 4.57 Å². The van der Waals surface area contributed by atoms with Crippen molar-refractivity contribution in [3.8, 4) is 0 Å². The fraction of sp³-hybridized carbons (Fsp3) is 0.850. The van der Waals surface area contributed by atoms with Crippen LogP contribution in [0, 0.1) is 17.8 Å². The van der Waals surface area contributed by atoms with Crippen LogP contribution < -0.4 is 0 Å². The van der Waals surface area contributed by atoms with Crippen LogP contribution in [0.4, 0.5) is 0 Å².